The first-order valence-corrected chi connectivity index (χ1v) is 5.22. The van der Waals surface area contributed by atoms with E-state index in [0.29, 0.717) is 0 Å². The van der Waals surface area contributed by atoms with Gasteiger partial charge in [-0.25, -0.2) is 0 Å². The van der Waals surface area contributed by atoms with Crippen LogP contribution in [0, 0.1) is 0 Å². The highest BCUT2D eigenvalue weighted by Gasteiger charge is 2.27. The van der Waals surface area contributed by atoms with Crippen molar-refractivity contribution in [3.63, 3.8) is 0 Å². The fourth-order valence-electron chi connectivity index (χ4n) is 2.37. The molecule has 0 saturated heterocycles. The number of carbonyl (C=O) groups is 1. The van der Waals surface area contributed by atoms with Crippen LogP contribution in [0.25, 0.3) is 0 Å². The van der Waals surface area contributed by atoms with Gasteiger partial charge < -0.3 is 0 Å². The van der Waals surface area contributed by atoms with E-state index in [1.807, 2.05) is 6.07 Å². The molecule has 1 aromatic carbocycles. The van der Waals surface area contributed by atoms with Crippen LogP contribution >= 0.6 is 0 Å². The van der Waals surface area contributed by atoms with Crippen molar-refractivity contribution in [1.29, 1.82) is 0 Å². The summed E-state index contributed by atoms with van der Waals surface area (Å²) in [6.07, 6.45) is 4.59. The minimum atomic E-state index is 0.243. The Morgan fingerprint density at radius 2 is 2.14 bits per heavy atom. The fraction of sp³-hybridized carbons (Fsp3) is 0.462. The Hall–Kier alpha value is -1.11. The van der Waals surface area contributed by atoms with Gasteiger partial charge in [0.2, 0.25) is 0 Å². The summed E-state index contributed by atoms with van der Waals surface area (Å²) in [7, 11) is 0. The molecule has 0 fully saturated rings. The lowest BCUT2D eigenvalue weighted by atomic mass is 9.72. The Kier molecular flexibility index (Phi) is 2.18. The molecule has 1 aliphatic rings. The Morgan fingerprint density at radius 1 is 1.36 bits per heavy atom. The van der Waals surface area contributed by atoms with Crippen molar-refractivity contribution in [2.24, 2.45) is 0 Å². The van der Waals surface area contributed by atoms with Crippen LogP contribution in [-0.2, 0) is 11.8 Å². The summed E-state index contributed by atoms with van der Waals surface area (Å²) in [4.78, 5) is 10.7. The molecule has 0 amide bonds. The van der Waals surface area contributed by atoms with Crippen LogP contribution in [0.3, 0.4) is 0 Å². The van der Waals surface area contributed by atoms with Gasteiger partial charge in [-0.3, -0.25) is 4.79 Å². The third kappa shape index (κ3) is 1.47. The molecule has 14 heavy (non-hydrogen) atoms. The lowest BCUT2D eigenvalue weighted by molar-refractivity contribution is 0.112. The summed E-state index contributed by atoms with van der Waals surface area (Å²) >= 11 is 0. The molecular formula is C13H16O. The average molecular weight is 188 g/mol. The van der Waals surface area contributed by atoms with Crippen molar-refractivity contribution >= 4 is 6.29 Å². The molecule has 1 aromatic rings. The van der Waals surface area contributed by atoms with Crippen molar-refractivity contribution in [3.8, 4) is 0 Å². The quantitative estimate of drug-likeness (QED) is 0.619. The molecule has 0 N–H and O–H groups in total. The Morgan fingerprint density at radius 3 is 2.86 bits per heavy atom. The van der Waals surface area contributed by atoms with Crippen LogP contribution in [-0.4, -0.2) is 6.29 Å². The van der Waals surface area contributed by atoms with Gasteiger partial charge in [-0.2, -0.15) is 0 Å². The Balaban J connectivity index is 2.54. The van der Waals surface area contributed by atoms with E-state index >= 15 is 0 Å². The molecule has 74 valence electrons. The standard InChI is InChI=1S/C13H16O/c1-13(2)7-3-4-11-6-5-10(9-14)8-12(11)13/h5-6,8-9H,3-4,7H2,1-2H3. The van der Waals surface area contributed by atoms with Gasteiger partial charge in [0.25, 0.3) is 0 Å². The molecule has 0 aliphatic heterocycles. The number of carbonyl (C=O) groups excluding carboxylic acids is 1. The highest BCUT2D eigenvalue weighted by molar-refractivity contribution is 5.75. The van der Waals surface area contributed by atoms with Gasteiger partial charge in [0.15, 0.2) is 0 Å². The molecule has 0 spiro atoms. The van der Waals surface area contributed by atoms with E-state index < -0.39 is 0 Å². The summed E-state index contributed by atoms with van der Waals surface area (Å²) in [6.45, 7) is 4.53. The first-order valence-electron chi connectivity index (χ1n) is 5.22. The molecule has 2 rings (SSSR count). The predicted octanol–water partition coefficient (Wildman–Crippen LogP) is 3.11. The second kappa shape index (κ2) is 3.23. The van der Waals surface area contributed by atoms with E-state index in [-0.39, 0.29) is 5.41 Å². The van der Waals surface area contributed by atoms with Gasteiger partial charge in [-0.15, -0.1) is 0 Å². The van der Waals surface area contributed by atoms with Crippen LogP contribution in [0.1, 0.15) is 48.2 Å². The summed E-state index contributed by atoms with van der Waals surface area (Å²) in [6, 6.07) is 6.09. The first kappa shape index (κ1) is 9.45. The highest BCUT2D eigenvalue weighted by atomic mass is 16.1. The van der Waals surface area contributed by atoms with Gasteiger partial charge in [0.05, 0.1) is 0 Å². The van der Waals surface area contributed by atoms with Crippen molar-refractivity contribution in [2.45, 2.75) is 38.5 Å². The Bertz CT molecular complexity index is 363. The van der Waals surface area contributed by atoms with Crippen LogP contribution in [0.15, 0.2) is 18.2 Å². The fourth-order valence-corrected chi connectivity index (χ4v) is 2.37. The molecular weight excluding hydrogens is 172 g/mol. The van der Waals surface area contributed by atoms with E-state index in [2.05, 4.69) is 26.0 Å². The van der Waals surface area contributed by atoms with Gasteiger partial charge in [0.1, 0.15) is 6.29 Å². The average Bonchev–Trinajstić information content (AvgIpc) is 2.17. The minimum absolute atomic E-state index is 0.243. The summed E-state index contributed by atoms with van der Waals surface area (Å²) in [5.74, 6) is 0. The van der Waals surface area contributed by atoms with E-state index in [1.165, 1.54) is 24.0 Å². The number of aryl methyl sites for hydroxylation is 1. The summed E-state index contributed by atoms with van der Waals surface area (Å²) in [5, 5.41) is 0. The number of rotatable bonds is 1. The predicted molar refractivity (Wildman–Crippen MR) is 57.8 cm³/mol. The van der Waals surface area contributed by atoms with E-state index in [0.717, 1.165) is 18.3 Å². The zero-order valence-electron chi connectivity index (χ0n) is 8.84. The van der Waals surface area contributed by atoms with Gasteiger partial charge in [-0.1, -0.05) is 26.0 Å². The highest BCUT2D eigenvalue weighted by Crippen LogP contribution is 2.36. The molecule has 0 heterocycles. The number of fused-ring (bicyclic) bond motifs is 1. The van der Waals surface area contributed by atoms with E-state index in [4.69, 9.17) is 0 Å². The molecule has 1 nitrogen and oxygen atoms in total. The molecule has 1 aliphatic carbocycles. The third-order valence-electron chi connectivity index (χ3n) is 3.25. The van der Waals surface area contributed by atoms with Crippen LogP contribution in [0.5, 0.6) is 0 Å². The van der Waals surface area contributed by atoms with Gasteiger partial charge in [-0.05, 0) is 41.9 Å². The normalized spacial score (nSPS) is 18.7. The summed E-state index contributed by atoms with van der Waals surface area (Å²) < 4.78 is 0. The maximum atomic E-state index is 10.7. The second-order valence-corrected chi connectivity index (χ2v) is 4.77. The van der Waals surface area contributed by atoms with Crippen molar-refractivity contribution in [3.05, 3.63) is 34.9 Å². The van der Waals surface area contributed by atoms with Gasteiger partial charge in [0, 0.05) is 5.56 Å². The van der Waals surface area contributed by atoms with E-state index in [1.54, 1.807) is 0 Å². The zero-order chi connectivity index (χ0) is 10.2. The maximum Gasteiger partial charge on any atom is 0.150 e. The SMILES string of the molecule is CC1(C)CCCc2ccc(C=O)cc21. The maximum absolute atomic E-state index is 10.7. The molecule has 0 bridgehead atoms. The molecule has 0 unspecified atom stereocenters. The molecule has 0 aromatic heterocycles. The molecule has 0 saturated carbocycles. The minimum Gasteiger partial charge on any atom is -0.298 e. The number of hydrogen-bond donors (Lipinski definition) is 0. The molecule has 1 heteroatoms. The van der Waals surface area contributed by atoms with E-state index in [9.17, 15) is 4.79 Å². The van der Waals surface area contributed by atoms with Crippen LogP contribution < -0.4 is 0 Å². The largest absolute Gasteiger partial charge is 0.298 e. The second-order valence-electron chi connectivity index (χ2n) is 4.77. The lowest BCUT2D eigenvalue weighted by Crippen LogP contribution is -2.23. The Labute approximate surface area is 85.1 Å². The van der Waals surface area contributed by atoms with Crippen molar-refractivity contribution < 1.29 is 4.79 Å². The smallest absolute Gasteiger partial charge is 0.150 e. The number of aldehydes is 1. The number of benzene rings is 1. The topological polar surface area (TPSA) is 17.1 Å². The zero-order valence-corrected chi connectivity index (χ0v) is 8.84. The lowest BCUT2D eigenvalue weighted by Gasteiger charge is -2.32. The number of hydrogen-bond acceptors (Lipinski definition) is 1. The summed E-state index contributed by atoms with van der Waals surface area (Å²) in [5.41, 5.74) is 3.84. The van der Waals surface area contributed by atoms with Crippen LogP contribution in [0.2, 0.25) is 0 Å². The van der Waals surface area contributed by atoms with Crippen molar-refractivity contribution in [1.82, 2.24) is 0 Å². The molecule has 0 radical (unpaired) electrons. The molecule has 0 atom stereocenters. The van der Waals surface area contributed by atoms with Gasteiger partial charge >= 0.3 is 0 Å². The van der Waals surface area contributed by atoms with Crippen LogP contribution in [0.4, 0.5) is 0 Å². The first-order chi connectivity index (χ1) is 6.63. The third-order valence-corrected chi connectivity index (χ3v) is 3.25. The van der Waals surface area contributed by atoms with Crippen molar-refractivity contribution in [2.75, 3.05) is 0 Å². The monoisotopic (exact) mass is 188 g/mol.